The summed E-state index contributed by atoms with van der Waals surface area (Å²) in [4.78, 5) is 25.3. The molecule has 0 amide bonds. The zero-order chi connectivity index (χ0) is 12.9. The number of nitro benzene ring substituents is 1. The van der Waals surface area contributed by atoms with E-state index >= 15 is 0 Å². The van der Waals surface area contributed by atoms with Gasteiger partial charge in [0, 0.05) is 18.2 Å². The van der Waals surface area contributed by atoms with Gasteiger partial charge >= 0.3 is 0 Å². The third-order valence-corrected chi connectivity index (χ3v) is 3.33. The molecule has 0 saturated heterocycles. The molecule has 1 N–H and O–H groups in total. The van der Waals surface area contributed by atoms with Gasteiger partial charge in [0.15, 0.2) is 4.77 Å². The Balaban J connectivity index is 2.34. The Hall–Kier alpha value is -2.02. The van der Waals surface area contributed by atoms with Gasteiger partial charge in [-0.15, -0.1) is 0 Å². The average Bonchev–Trinajstić information content (AvgIpc) is 3.12. The molecule has 0 unspecified atom stereocenters. The van der Waals surface area contributed by atoms with Crippen LogP contribution in [0.5, 0.6) is 0 Å². The fraction of sp³-hybridized carbons (Fsp3) is 0.273. The summed E-state index contributed by atoms with van der Waals surface area (Å²) in [5, 5.41) is 11.1. The summed E-state index contributed by atoms with van der Waals surface area (Å²) in [7, 11) is 0. The normalized spacial score (nSPS) is 14.9. The van der Waals surface area contributed by atoms with Crippen molar-refractivity contribution in [2.45, 2.75) is 18.9 Å². The lowest BCUT2D eigenvalue weighted by molar-refractivity contribution is -0.384. The zero-order valence-corrected chi connectivity index (χ0v) is 10.1. The fourth-order valence-electron chi connectivity index (χ4n) is 2.00. The third-order valence-electron chi connectivity index (χ3n) is 3.04. The molecular formula is C11H9N3O3S. The number of nitrogens with zero attached hydrogens (tertiary/aromatic N) is 2. The van der Waals surface area contributed by atoms with Crippen molar-refractivity contribution >= 4 is 28.8 Å². The van der Waals surface area contributed by atoms with Crippen molar-refractivity contribution in [1.82, 2.24) is 9.55 Å². The van der Waals surface area contributed by atoms with Crippen molar-refractivity contribution in [1.29, 1.82) is 0 Å². The number of benzene rings is 1. The van der Waals surface area contributed by atoms with Crippen LogP contribution in [0.3, 0.4) is 0 Å². The Morgan fingerprint density at radius 3 is 2.78 bits per heavy atom. The molecule has 1 aromatic heterocycles. The molecule has 1 saturated carbocycles. The number of rotatable bonds is 2. The van der Waals surface area contributed by atoms with E-state index in [0.29, 0.717) is 15.7 Å². The van der Waals surface area contributed by atoms with E-state index in [-0.39, 0.29) is 17.3 Å². The molecule has 1 aliphatic rings. The largest absolute Gasteiger partial charge is 0.331 e. The summed E-state index contributed by atoms with van der Waals surface area (Å²) in [6.07, 6.45) is 1.91. The van der Waals surface area contributed by atoms with E-state index in [1.807, 2.05) is 0 Å². The predicted molar refractivity (Wildman–Crippen MR) is 68.3 cm³/mol. The highest BCUT2D eigenvalue weighted by Crippen LogP contribution is 2.34. The molecule has 0 aliphatic heterocycles. The number of hydrogen-bond acceptors (Lipinski definition) is 4. The predicted octanol–water partition coefficient (Wildman–Crippen LogP) is 2.30. The number of nitrogens with one attached hydrogen (secondary N) is 1. The van der Waals surface area contributed by atoms with Crippen LogP contribution in [0.25, 0.3) is 10.9 Å². The van der Waals surface area contributed by atoms with E-state index in [0.717, 1.165) is 12.8 Å². The van der Waals surface area contributed by atoms with Gasteiger partial charge < -0.3 is 4.98 Å². The van der Waals surface area contributed by atoms with Crippen molar-refractivity contribution in [3.05, 3.63) is 43.4 Å². The van der Waals surface area contributed by atoms with Crippen LogP contribution in [-0.4, -0.2) is 14.5 Å². The molecule has 1 aliphatic carbocycles. The van der Waals surface area contributed by atoms with E-state index in [2.05, 4.69) is 4.98 Å². The molecular weight excluding hydrogens is 254 g/mol. The van der Waals surface area contributed by atoms with Crippen LogP contribution in [-0.2, 0) is 0 Å². The first-order valence-corrected chi connectivity index (χ1v) is 5.92. The maximum Gasteiger partial charge on any atom is 0.271 e. The van der Waals surface area contributed by atoms with Crippen LogP contribution in [0.1, 0.15) is 18.9 Å². The third kappa shape index (κ3) is 1.63. The van der Waals surface area contributed by atoms with Crippen molar-refractivity contribution in [2.24, 2.45) is 0 Å². The summed E-state index contributed by atoms with van der Waals surface area (Å²) >= 11 is 5.13. The minimum Gasteiger partial charge on any atom is -0.331 e. The second-order valence-corrected chi connectivity index (χ2v) is 4.71. The summed E-state index contributed by atoms with van der Waals surface area (Å²) in [6, 6.07) is 4.32. The summed E-state index contributed by atoms with van der Waals surface area (Å²) in [5.74, 6) is 0. The minimum atomic E-state index is -0.497. The van der Waals surface area contributed by atoms with Crippen molar-refractivity contribution in [2.75, 3.05) is 0 Å². The molecule has 1 aromatic carbocycles. The van der Waals surface area contributed by atoms with Crippen LogP contribution in [0, 0.1) is 14.9 Å². The van der Waals surface area contributed by atoms with Gasteiger partial charge in [-0.05, 0) is 31.1 Å². The zero-order valence-electron chi connectivity index (χ0n) is 9.25. The van der Waals surface area contributed by atoms with E-state index in [1.165, 1.54) is 18.2 Å². The molecule has 92 valence electrons. The molecule has 3 rings (SSSR count). The number of fused-ring (bicyclic) bond motifs is 1. The van der Waals surface area contributed by atoms with Crippen LogP contribution in [0.15, 0.2) is 23.0 Å². The first kappa shape index (κ1) is 11.1. The van der Waals surface area contributed by atoms with Gasteiger partial charge in [-0.1, -0.05) is 0 Å². The second-order valence-electron chi connectivity index (χ2n) is 4.32. The van der Waals surface area contributed by atoms with E-state index in [1.54, 1.807) is 4.57 Å². The quantitative estimate of drug-likeness (QED) is 0.512. The Bertz CT molecular complexity index is 773. The van der Waals surface area contributed by atoms with E-state index in [4.69, 9.17) is 12.2 Å². The lowest BCUT2D eigenvalue weighted by Crippen LogP contribution is -2.21. The Morgan fingerprint density at radius 2 is 2.17 bits per heavy atom. The van der Waals surface area contributed by atoms with Crippen LogP contribution < -0.4 is 5.56 Å². The molecule has 0 bridgehead atoms. The molecule has 0 spiro atoms. The first-order chi connectivity index (χ1) is 8.58. The Labute approximate surface area is 106 Å². The maximum absolute atomic E-state index is 12.2. The lowest BCUT2D eigenvalue weighted by atomic mass is 10.2. The highest BCUT2D eigenvalue weighted by atomic mass is 32.1. The van der Waals surface area contributed by atoms with Crippen LogP contribution in [0.4, 0.5) is 5.69 Å². The SMILES string of the molecule is O=c1c2ccc([N+](=O)[O-])cc2[nH]c(=S)n1C1CC1. The second kappa shape index (κ2) is 3.74. The summed E-state index contributed by atoms with van der Waals surface area (Å²) < 4.78 is 1.89. The topological polar surface area (TPSA) is 80.9 Å². The summed E-state index contributed by atoms with van der Waals surface area (Å²) in [6.45, 7) is 0. The molecule has 18 heavy (non-hydrogen) atoms. The molecule has 0 atom stereocenters. The van der Waals surface area contributed by atoms with Crippen molar-refractivity contribution < 1.29 is 4.92 Å². The molecule has 1 fully saturated rings. The number of aromatic nitrogens is 2. The first-order valence-electron chi connectivity index (χ1n) is 5.51. The van der Waals surface area contributed by atoms with Gasteiger partial charge in [0.05, 0.1) is 15.8 Å². The molecule has 2 aromatic rings. The Morgan fingerprint density at radius 1 is 1.44 bits per heavy atom. The van der Waals surface area contributed by atoms with Gasteiger partial charge in [0.1, 0.15) is 0 Å². The van der Waals surface area contributed by atoms with Gasteiger partial charge in [-0.3, -0.25) is 19.5 Å². The molecule has 1 heterocycles. The highest BCUT2D eigenvalue weighted by Gasteiger charge is 2.26. The van der Waals surface area contributed by atoms with Gasteiger partial charge in [0.2, 0.25) is 0 Å². The van der Waals surface area contributed by atoms with E-state index < -0.39 is 4.92 Å². The summed E-state index contributed by atoms with van der Waals surface area (Å²) in [5.41, 5.74) is 0.180. The van der Waals surface area contributed by atoms with Gasteiger partial charge in [-0.25, -0.2) is 0 Å². The fourth-order valence-corrected chi connectivity index (χ4v) is 2.34. The minimum absolute atomic E-state index is 0.0586. The van der Waals surface area contributed by atoms with Gasteiger partial charge in [-0.2, -0.15) is 0 Å². The smallest absolute Gasteiger partial charge is 0.271 e. The standard InChI is InChI=1S/C11H9N3O3S/c15-10-8-4-3-7(14(16)17)5-9(8)12-11(18)13(10)6-1-2-6/h3-6H,1-2H2,(H,12,18). The molecule has 0 radical (unpaired) electrons. The highest BCUT2D eigenvalue weighted by molar-refractivity contribution is 7.71. The molecule has 7 heteroatoms. The lowest BCUT2D eigenvalue weighted by Gasteiger charge is -2.05. The Kier molecular flexibility index (Phi) is 2.30. The van der Waals surface area contributed by atoms with Crippen LogP contribution >= 0.6 is 12.2 Å². The maximum atomic E-state index is 12.2. The number of hydrogen-bond donors (Lipinski definition) is 1. The van der Waals surface area contributed by atoms with Crippen LogP contribution in [0.2, 0.25) is 0 Å². The van der Waals surface area contributed by atoms with Crippen molar-refractivity contribution in [3.8, 4) is 0 Å². The van der Waals surface area contributed by atoms with Crippen molar-refractivity contribution in [3.63, 3.8) is 0 Å². The number of aromatic amines is 1. The monoisotopic (exact) mass is 263 g/mol. The number of non-ortho nitro benzene ring substituents is 1. The number of nitro groups is 1. The molecule has 6 nitrogen and oxygen atoms in total. The van der Waals surface area contributed by atoms with E-state index in [9.17, 15) is 14.9 Å². The van der Waals surface area contributed by atoms with Gasteiger partial charge in [0.25, 0.3) is 11.2 Å². The average molecular weight is 263 g/mol. The number of H-pyrrole nitrogens is 1.